The van der Waals surface area contributed by atoms with Crippen molar-refractivity contribution in [1.29, 1.82) is 0 Å². The Kier molecular flexibility index (Phi) is 5.00. The number of imidazole rings is 1. The lowest BCUT2D eigenvalue weighted by Gasteiger charge is -2.35. The number of likely N-dealkylation sites (tertiary alicyclic amines) is 1. The van der Waals surface area contributed by atoms with E-state index < -0.39 is 0 Å². The number of aromatic nitrogens is 2. The van der Waals surface area contributed by atoms with Gasteiger partial charge in [-0.2, -0.15) is 0 Å². The van der Waals surface area contributed by atoms with Crippen molar-refractivity contribution in [1.82, 2.24) is 14.3 Å². The summed E-state index contributed by atoms with van der Waals surface area (Å²) in [5.41, 5.74) is 2.96. The zero-order chi connectivity index (χ0) is 18.1. The van der Waals surface area contributed by atoms with E-state index in [0.29, 0.717) is 17.5 Å². The van der Waals surface area contributed by atoms with E-state index in [1.54, 1.807) is 11.3 Å². The van der Waals surface area contributed by atoms with Crippen LogP contribution in [0.5, 0.6) is 0 Å². The van der Waals surface area contributed by atoms with Crippen molar-refractivity contribution in [3.05, 3.63) is 46.6 Å². The summed E-state index contributed by atoms with van der Waals surface area (Å²) in [5, 5.41) is 2.77. The zero-order valence-corrected chi connectivity index (χ0v) is 16.4. The number of rotatable bonds is 4. The minimum absolute atomic E-state index is 0.234. The molecule has 2 aromatic heterocycles. The third kappa shape index (κ3) is 3.38. The first-order valence-corrected chi connectivity index (χ1v) is 10.4. The van der Waals surface area contributed by atoms with Gasteiger partial charge in [-0.15, -0.1) is 11.3 Å². The van der Waals surface area contributed by atoms with Crippen LogP contribution in [0, 0.1) is 0 Å². The number of amides is 1. The van der Waals surface area contributed by atoms with Crippen LogP contribution in [0.15, 0.2) is 35.8 Å². The van der Waals surface area contributed by atoms with Crippen LogP contribution < -0.4 is 0 Å². The van der Waals surface area contributed by atoms with Gasteiger partial charge in [-0.3, -0.25) is 9.20 Å². The lowest BCUT2D eigenvalue weighted by atomic mass is 9.99. The minimum atomic E-state index is 0.234. The molecule has 4 nitrogen and oxygen atoms in total. The molecule has 3 heterocycles. The number of hydrogen-bond donors (Lipinski definition) is 0. The zero-order valence-electron chi connectivity index (χ0n) is 14.8. The third-order valence-electron chi connectivity index (χ3n) is 5.17. The number of hydrogen-bond acceptors (Lipinski definition) is 3. The van der Waals surface area contributed by atoms with Crippen molar-refractivity contribution in [3.8, 4) is 11.3 Å². The standard InChI is InChI=1S/C20H22ClN3OS/c1-2-16-5-3-4-10-23(16)19(25)11-17-13-26-20-22-18(12-24(17)20)14-6-8-15(21)9-7-14/h6-9,12-13,16H,2-5,10-11H2,1H3/t16-/m1/s1. The second kappa shape index (κ2) is 7.41. The molecule has 0 saturated carbocycles. The highest BCUT2D eigenvalue weighted by molar-refractivity contribution is 7.15. The fraction of sp³-hybridized carbons (Fsp3) is 0.400. The molecule has 1 fully saturated rings. The maximum atomic E-state index is 12.9. The molecule has 4 rings (SSSR count). The maximum Gasteiger partial charge on any atom is 0.228 e. The predicted molar refractivity (Wildman–Crippen MR) is 107 cm³/mol. The van der Waals surface area contributed by atoms with Crippen molar-refractivity contribution >= 4 is 33.8 Å². The summed E-state index contributed by atoms with van der Waals surface area (Å²) in [7, 11) is 0. The van der Waals surface area contributed by atoms with Crippen molar-refractivity contribution < 1.29 is 4.79 Å². The van der Waals surface area contributed by atoms with E-state index >= 15 is 0 Å². The first-order valence-electron chi connectivity index (χ1n) is 9.16. The molecular formula is C20H22ClN3OS. The van der Waals surface area contributed by atoms with Gasteiger partial charge >= 0.3 is 0 Å². The van der Waals surface area contributed by atoms with Gasteiger partial charge < -0.3 is 4.90 Å². The molecule has 0 aliphatic carbocycles. The van der Waals surface area contributed by atoms with E-state index in [4.69, 9.17) is 16.6 Å². The summed E-state index contributed by atoms with van der Waals surface area (Å²) in [4.78, 5) is 20.6. The van der Waals surface area contributed by atoms with E-state index in [2.05, 4.69) is 21.6 Å². The monoisotopic (exact) mass is 387 g/mol. The number of thiazole rings is 1. The molecule has 0 radical (unpaired) electrons. The number of carbonyl (C=O) groups is 1. The Labute approximate surface area is 162 Å². The van der Waals surface area contributed by atoms with Crippen LogP contribution in [0.25, 0.3) is 16.2 Å². The highest BCUT2D eigenvalue weighted by Gasteiger charge is 2.26. The Hall–Kier alpha value is -1.85. The van der Waals surface area contributed by atoms with Gasteiger partial charge in [-0.25, -0.2) is 4.98 Å². The number of halogens is 1. The summed E-state index contributed by atoms with van der Waals surface area (Å²) in [6, 6.07) is 8.09. The van der Waals surface area contributed by atoms with Crippen molar-refractivity contribution in [3.63, 3.8) is 0 Å². The van der Waals surface area contributed by atoms with Gasteiger partial charge in [0.1, 0.15) is 0 Å². The van der Waals surface area contributed by atoms with Crippen LogP contribution >= 0.6 is 22.9 Å². The SMILES string of the molecule is CC[C@@H]1CCCCN1C(=O)Cc1csc2nc(-c3ccc(Cl)cc3)cn12. The van der Waals surface area contributed by atoms with Gasteiger partial charge in [0.25, 0.3) is 0 Å². The fourth-order valence-electron chi connectivity index (χ4n) is 3.73. The topological polar surface area (TPSA) is 37.6 Å². The molecule has 136 valence electrons. The van der Waals surface area contributed by atoms with Gasteiger partial charge in [0.05, 0.1) is 12.1 Å². The average molecular weight is 388 g/mol. The van der Waals surface area contributed by atoms with Gasteiger partial charge in [-0.05, 0) is 37.8 Å². The minimum Gasteiger partial charge on any atom is -0.339 e. The number of benzene rings is 1. The summed E-state index contributed by atoms with van der Waals surface area (Å²) < 4.78 is 2.05. The lowest BCUT2D eigenvalue weighted by Crippen LogP contribution is -2.44. The van der Waals surface area contributed by atoms with E-state index in [1.807, 2.05) is 30.5 Å². The lowest BCUT2D eigenvalue weighted by molar-refractivity contribution is -0.134. The van der Waals surface area contributed by atoms with E-state index in [0.717, 1.165) is 47.7 Å². The maximum absolute atomic E-state index is 12.9. The Morgan fingerprint density at radius 3 is 2.88 bits per heavy atom. The molecule has 3 aromatic rings. The first-order chi connectivity index (χ1) is 12.7. The Morgan fingerprint density at radius 1 is 1.31 bits per heavy atom. The predicted octanol–water partition coefficient (Wildman–Crippen LogP) is 5.05. The molecule has 1 atom stereocenters. The van der Waals surface area contributed by atoms with E-state index in [1.165, 1.54) is 6.42 Å². The third-order valence-corrected chi connectivity index (χ3v) is 6.32. The van der Waals surface area contributed by atoms with Gasteiger partial charge in [-0.1, -0.05) is 30.7 Å². The highest BCUT2D eigenvalue weighted by Crippen LogP contribution is 2.26. The molecule has 0 unspecified atom stereocenters. The number of carbonyl (C=O) groups excluding carboxylic acids is 1. The van der Waals surface area contributed by atoms with Crippen LogP contribution in [-0.4, -0.2) is 32.8 Å². The highest BCUT2D eigenvalue weighted by atomic mass is 35.5. The van der Waals surface area contributed by atoms with Crippen molar-refractivity contribution in [2.45, 2.75) is 45.1 Å². The molecule has 26 heavy (non-hydrogen) atoms. The average Bonchev–Trinajstić information content (AvgIpc) is 3.24. The number of fused-ring (bicyclic) bond motifs is 1. The Balaban J connectivity index is 1.57. The van der Waals surface area contributed by atoms with Crippen molar-refractivity contribution in [2.75, 3.05) is 6.54 Å². The second-order valence-electron chi connectivity index (χ2n) is 6.83. The first kappa shape index (κ1) is 17.6. The molecule has 0 spiro atoms. The largest absolute Gasteiger partial charge is 0.339 e. The Bertz CT molecular complexity index is 915. The van der Waals surface area contributed by atoms with Crippen LogP contribution in [0.3, 0.4) is 0 Å². The van der Waals surface area contributed by atoms with Crippen LogP contribution in [0.1, 0.15) is 38.3 Å². The van der Waals surface area contributed by atoms with E-state index in [-0.39, 0.29) is 5.91 Å². The molecule has 0 bridgehead atoms. The summed E-state index contributed by atoms with van der Waals surface area (Å²) in [5.74, 6) is 0.234. The van der Waals surface area contributed by atoms with Gasteiger partial charge in [0, 0.05) is 40.4 Å². The molecule has 1 aliphatic heterocycles. The van der Waals surface area contributed by atoms with Gasteiger partial charge in [0.15, 0.2) is 4.96 Å². The van der Waals surface area contributed by atoms with E-state index in [9.17, 15) is 4.79 Å². The second-order valence-corrected chi connectivity index (χ2v) is 8.11. The fourth-order valence-corrected chi connectivity index (χ4v) is 4.73. The summed E-state index contributed by atoms with van der Waals surface area (Å²) >= 11 is 7.55. The summed E-state index contributed by atoms with van der Waals surface area (Å²) in [6.07, 6.45) is 6.98. The number of piperidine rings is 1. The quantitative estimate of drug-likeness (QED) is 0.628. The van der Waals surface area contributed by atoms with Gasteiger partial charge in [0.2, 0.25) is 5.91 Å². The molecule has 0 N–H and O–H groups in total. The molecule has 6 heteroatoms. The Morgan fingerprint density at radius 2 is 2.12 bits per heavy atom. The van der Waals surface area contributed by atoms with Crippen LogP contribution in [-0.2, 0) is 11.2 Å². The van der Waals surface area contributed by atoms with Crippen LogP contribution in [0.2, 0.25) is 5.02 Å². The smallest absolute Gasteiger partial charge is 0.228 e. The van der Waals surface area contributed by atoms with Crippen LogP contribution in [0.4, 0.5) is 0 Å². The molecule has 1 aliphatic rings. The number of nitrogens with zero attached hydrogens (tertiary/aromatic N) is 3. The normalized spacial score (nSPS) is 17.8. The van der Waals surface area contributed by atoms with Crippen molar-refractivity contribution in [2.24, 2.45) is 0 Å². The molecule has 1 aromatic carbocycles. The summed E-state index contributed by atoms with van der Waals surface area (Å²) in [6.45, 7) is 3.07. The molecular weight excluding hydrogens is 366 g/mol. The molecule has 1 amide bonds. The molecule has 1 saturated heterocycles.